The lowest BCUT2D eigenvalue weighted by atomic mass is 10.1. The van der Waals surface area contributed by atoms with Gasteiger partial charge in [0.2, 0.25) is 0 Å². The van der Waals surface area contributed by atoms with Crippen LogP contribution in [-0.2, 0) is 13.0 Å². The number of hydrogen-bond acceptors (Lipinski definition) is 3. The molecule has 0 aliphatic carbocycles. The highest BCUT2D eigenvalue weighted by Crippen LogP contribution is 2.12. The van der Waals surface area contributed by atoms with Gasteiger partial charge in [0.05, 0.1) is 24.7 Å². The van der Waals surface area contributed by atoms with Crippen LogP contribution in [0.4, 0.5) is 0 Å². The summed E-state index contributed by atoms with van der Waals surface area (Å²) >= 11 is 0. The van der Waals surface area contributed by atoms with E-state index in [1.165, 1.54) is 11.1 Å². The molecule has 0 amide bonds. The molecule has 2 rings (SSSR count). The Morgan fingerprint density at radius 3 is 2.56 bits per heavy atom. The first-order chi connectivity index (χ1) is 8.74. The SMILES string of the molecule is CCc1ccc(Cn2cncc2C(N)CO)cc1. The molecule has 18 heavy (non-hydrogen) atoms. The van der Waals surface area contributed by atoms with E-state index in [1.807, 2.05) is 4.57 Å². The van der Waals surface area contributed by atoms with Crippen molar-refractivity contribution < 1.29 is 5.11 Å². The second kappa shape index (κ2) is 5.80. The van der Waals surface area contributed by atoms with Crippen molar-refractivity contribution in [3.8, 4) is 0 Å². The van der Waals surface area contributed by atoms with Gasteiger partial charge in [-0.2, -0.15) is 0 Å². The van der Waals surface area contributed by atoms with E-state index in [1.54, 1.807) is 12.5 Å². The quantitative estimate of drug-likeness (QED) is 0.838. The van der Waals surface area contributed by atoms with Crippen molar-refractivity contribution in [1.29, 1.82) is 0 Å². The van der Waals surface area contributed by atoms with Crippen LogP contribution in [0.2, 0.25) is 0 Å². The summed E-state index contributed by atoms with van der Waals surface area (Å²) in [6.45, 7) is 2.80. The molecular formula is C14H19N3O. The van der Waals surface area contributed by atoms with E-state index < -0.39 is 0 Å². The normalized spacial score (nSPS) is 12.6. The van der Waals surface area contributed by atoms with E-state index in [9.17, 15) is 0 Å². The number of nitrogens with zero attached hydrogens (tertiary/aromatic N) is 2. The number of rotatable bonds is 5. The van der Waals surface area contributed by atoms with Crippen molar-refractivity contribution >= 4 is 0 Å². The van der Waals surface area contributed by atoms with Crippen LogP contribution in [0.5, 0.6) is 0 Å². The van der Waals surface area contributed by atoms with Crippen LogP contribution < -0.4 is 5.73 Å². The first kappa shape index (κ1) is 12.8. The molecular weight excluding hydrogens is 226 g/mol. The molecule has 0 aliphatic rings. The third-order valence-electron chi connectivity index (χ3n) is 3.11. The summed E-state index contributed by atoms with van der Waals surface area (Å²) in [5, 5.41) is 9.10. The standard InChI is InChI=1S/C14H19N3O/c1-2-11-3-5-12(6-4-11)8-17-10-16-7-14(17)13(15)9-18/h3-7,10,13,18H,2,8-9,15H2,1H3. The summed E-state index contributed by atoms with van der Waals surface area (Å²) in [6.07, 6.45) is 4.51. The fourth-order valence-corrected chi connectivity index (χ4v) is 1.94. The minimum absolute atomic E-state index is 0.0690. The molecule has 3 N–H and O–H groups in total. The average molecular weight is 245 g/mol. The molecule has 4 nitrogen and oxygen atoms in total. The Balaban J connectivity index is 2.15. The zero-order chi connectivity index (χ0) is 13.0. The molecule has 1 atom stereocenters. The van der Waals surface area contributed by atoms with Gasteiger partial charge in [-0.15, -0.1) is 0 Å². The highest BCUT2D eigenvalue weighted by atomic mass is 16.3. The number of aromatic nitrogens is 2. The molecule has 96 valence electrons. The monoisotopic (exact) mass is 245 g/mol. The maximum atomic E-state index is 9.10. The molecule has 0 spiro atoms. The van der Waals surface area contributed by atoms with Crippen LogP contribution in [0.25, 0.3) is 0 Å². The Bertz CT molecular complexity index is 490. The maximum Gasteiger partial charge on any atom is 0.0951 e. The van der Waals surface area contributed by atoms with Crippen LogP contribution in [-0.4, -0.2) is 21.3 Å². The molecule has 0 fully saturated rings. The van der Waals surface area contributed by atoms with Gasteiger partial charge >= 0.3 is 0 Å². The molecule has 1 aromatic carbocycles. The van der Waals surface area contributed by atoms with Gasteiger partial charge in [-0.25, -0.2) is 4.98 Å². The number of hydrogen-bond donors (Lipinski definition) is 2. The van der Waals surface area contributed by atoms with Gasteiger partial charge in [-0.05, 0) is 17.5 Å². The molecule has 1 unspecified atom stereocenters. The van der Waals surface area contributed by atoms with Gasteiger partial charge in [-0.1, -0.05) is 31.2 Å². The summed E-state index contributed by atoms with van der Waals surface area (Å²) in [4.78, 5) is 4.09. The molecule has 0 aliphatic heterocycles. The number of aliphatic hydroxyl groups excluding tert-OH is 1. The number of aryl methyl sites for hydroxylation is 1. The molecule has 1 heterocycles. The Hall–Kier alpha value is -1.65. The Morgan fingerprint density at radius 1 is 1.28 bits per heavy atom. The third-order valence-corrected chi connectivity index (χ3v) is 3.11. The van der Waals surface area contributed by atoms with Crippen LogP contribution in [0.15, 0.2) is 36.8 Å². The molecule has 0 radical (unpaired) electrons. The zero-order valence-electron chi connectivity index (χ0n) is 10.6. The first-order valence-electron chi connectivity index (χ1n) is 6.19. The number of benzene rings is 1. The summed E-state index contributed by atoms with van der Waals surface area (Å²) in [5.41, 5.74) is 9.22. The highest BCUT2D eigenvalue weighted by Gasteiger charge is 2.10. The first-order valence-corrected chi connectivity index (χ1v) is 6.19. The summed E-state index contributed by atoms with van der Waals surface area (Å²) in [6, 6.07) is 8.14. The lowest BCUT2D eigenvalue weighted by Gasteiger charge is -2.12. The largest absolute Gasteiger partial charge is 0.394 e. The predicted molar refractivity (Wildman–Crippen MR) is 71.2 cm³/mol. The Kier molecular flexibility index (Phi) is 4.12. The fourth-order valence-electron chi connectivity index (χ4n) is 1.94. The lowest BCUT2D eigenvalue weighted by molar-refractivity contribution is 0.263. The van der Waals surface area contributed by atoms with Gasteiger partial charge in [0.1, 0.15) is 0 Å². The van der Waals surface area contributed by atoms with Gasteiger partial charge in [-0.3, -0.25) is 0 Å². The molecule has 1 aromatic heterocycles. The molecule has 4 heteroatoms. The number of nitrogens with two attached hydrogens (primary N) is 1. The molecule has 0 bridgehead atoms. The van der Waals surface area contributed by atoms with Crippen LogP contribution >= 0.6 is 0 Å². The summed E-state index contributed by atoms with van der Waals surface area (Å²) in [5.74, 6) is 0. The van der Waals surface area contributed by atoms with E-state index in [-0.39, 0.29) is 12.6 Å². The van der Waals surface area contributed by atoms with Crippen molar-refractivity contribution in [2.24, 2.45) is 5.73 Å². The van der Waals surface area contributed by atoms with Crippen LogP contribution in [0, 0.1) is 0 Å². The summed E-state index contributed by atoms with van der Waals surface area (Å²) < 4.78 is 1.97. The predicted octanol–water partition coefficient (Wildman–Crippen LogP) is 1.49. The van der Waals surface area contributed by atoms with Gasteiger partial charge in [0.25, 0.3) is 0 Å². The zero-order valence-corrected chi connectivity index (χ0v) is 10.6. The average Bonchev–Trinajstić information content (AvgIpc) is 2.87. The summed E-state index contributed by atoms with van der Waals surface area (Å²) in [7, 11) is 0. The number of imidazole rings is 1. The second-order valence-corrected chi connectivity index (χ2v) is 4.41. The van der Waals surface area contributed by atoms with Crippen molar-refractivity contribution in [3.63, 3.8) is 0 Å². The molecule has 0 saturated carbocycles. The van der Waals surface area contributed by atoms with Crippen molar-refractivity contribution in [1.82, 2.24) is 9.55 Å². The minimum atomic E-state index is -0.373. The van der Waals surface area contributed by atoms with E-state index in [0.29, 0.717) is 0 Å². The maximum absolute atomic E-state index is 9.10. The number of aliphatic hydroxyl groups is 1. The van der Waals surface area contributed by atoms with Crippen molar-refractivity contribution in [3.05, 3.63) is 53.6 Å². The Labute approximate surface area is 107 Å². The minimum Gasteiger partial charge on any atom is -0.394 e. The van der Waals surface area contributed by atoms with Crippen molar-refractivity contribution in [2.75, 3.05) is 6.61 Å². The second-order valence-electron chi connectivity index (χ2n) is 4.41. The van der Waals surface area contributed by atoms with Gasteiger partial charge in [0.15, 0.2) is 0 Å². The van der Waals surface area contributed by atoms with Crippen molar-refractivity contribution in [2.45, 2.75) is 25.9 Å². The van der Waals surface area contributed by atoms with E-state index in [0.717, 1.165) is 18.7 Å². The van der Waals surface area contributed by atoms with Crippen LogP contribution in [0.1, 0.15) is 29.8 Å². The third kappa shape index (κ3) is 2.78. The fraction of sp³-hybridized carbons (Fsp3) is 0.357. The van der Waals surface area contributed by atoms with Crippen LogP contribution in [0.3, 0.4) is 0 Å². The van der Waals surface area contributed by atoms with Gasteiger partial charge in [0, 0.05) is 12.7 Å². The smallest absolute Gasteiger partial charge is 0.0951 e. The van der Waals surface area contributed by atoms with E-state index in [2.05, 4.69) is 36.2 Å². The lowest BCUT2D eigenvalue weighted by Crippen LogP contribution is -2.19. The van der Waals surface area contributed by atoms with E-state index >= 15 is 0 Å². The Morgan fingerprint density at radius 2 is 1.94 bits per heavy atom. The highest BCUT2D eigenvalue weighted by molar-refractivity contribution is 5.23. The topological polar surface area (TPSA) is 64.1 Å². The van der Waals surface area contributed by atoms with Gasteiger partial charge < -0.3 is 15.4 Å². The van der Waals surface area contributed by atoms with E-state index in [4.69, 9.17) is 10.8 Å². The molecule has 2 aromatic rings. The molecule has 0 saturated heterocycles.